The van der Waals surface area contributed by atoms with Crippen LogP contribution in [0.5, 0.6) is 0 Å². The van der Waals surface area contributed by atoms with E-state index in [2.05, 4.69) is 0 Å². The smallest absolute Gasteiger partial charge is 0.340 e. The molecule has 2 rings (SSSR count). The van der Waals surface area contributed by atoms with E-state index >= 15 is 0 Å². The van der Waals surface area contributed by atoms with Crippen LogP contribution in [0, 0.1) is 0 Å². The summed E-state index contributed by atoms with van der Waals surface area (Å²) in [5.41, 5.74) is 6.82. The van der Waals surface area contributed by atoms with Gasteiger partial charge in [0.15, 0.2) is 5.78 Å². The molecule has 122 valence electrons. The van der Waals surface area contributed by atoms with Gasteiger partial charge in [0, 0.05) is 5.57 Å². The summed E-state index contributed by atoms with van der Waals surface area (Å²) >= 11 is 12.0. The number of benzene rings is 1. The van der Waals surface area contributed by atoms with E-state index in [1.807, 2.05) is 0 Å². The predicted octanol–water partition coefficient (Wildman–Crippen LogP) is 3.31. The molecule has 1 unspecified atom stereocenters. The maximum atomic E-state index is 12.2. The Labute approximate surface area is 143 Å². The Morgan fingerprint density at radius 1 is 1.22 bits per heavy atom. The van der Waals surface area contributed by atoms with E-state index < -0.39 is 11.9 Å². The first-order valence-electron chi connectivity index (χ1n) is 6.70. The Balaban J connectivity index is 2.71. The first-order chi connectivity index (χ1) is 10.8. The van der Waals surface area contributed by atoms with Crippen LogP contribution >= 0.6 is 23.2 Å². The highest BCUT2D eigenvalue weighted by Crippen LogP contribution is 2.41. The summed E-state index contributed by atoms with van der Waals surface area (Å²) in [5.74, 6) is -1.42. The third-order valence-corrected chi connectivity index (χ3v) is 4.29. The Kier molecular flexibility index (Phi) is 5.02. The lowest BCUT2D eigenvalue weighted by molar-refractivity contribution is -0.136. The highest BCUT2D eigenvalue weighted by molar-refractivity contribution is 6.42. The van der Waals surface area contributed by atoms with Crippen molar-refractivity contribution in [2.75, 3.05) is 7.11 Å². The molecule has 0 spiro atoms. The van der Waals surface area contributed by atoms with Gasteiger partial charge in [-0.25, -0.2) is 4.79 Å². The van der Waals surface area contributed by atoms with E-state index in [-0.39, 0.29) is 17.2 Å². The molecular weight excluding hydrogens is 341 g/mol. The molecule has 1 aliphatic heterocycles. The number of carbonyl (C=O) groups excluding carboxylic acids is 2. The molecule has 0 amide bonds. The number of halogens is 2. The second kappa shape index (κ2) is 6.64. The Bertz CT molecular complexity index is 752. The summed E-state index contributed by atoms with van der Waals surface area (Å²) in [5, 5.41) is 0.670. The molecule has 0 aliphatic carbocycles. The van der Waals surface area contributed by atoms with Crippen molar-refractivity contribution in [3.05, 3.63) is 56.6 Å². The zero-order valence-electron chi connectivity index (χ0n) is 12.8. The third-order valence-electron chi connectivity index (χ3n) is 3.55. The monoisotopic (exact) mass is 355 g/mol. The highest BCUT2D eigenvalue weighted by Gasteiger charge is 2.37. The van der Waals surface area contributed by atoms with Gasteiger partial charge in [-0.1, -0.05) is 29.3 Å². The van der Waals surface area contributed by atoms with Gasteiger partial charge in [0.1, 0.15) is 11.3 Å². The summed E-state index contributed by atoms with van der Waals surface area (Å²) in [6.07, 6.45) is 0. The van der Waals surface area contributed by atoms with E-state index in [0.29, 0.717) is 26.9 Å². The van der Waals surface area contributed by atoms with Gasteiger partial charge < -0.3 is 15.2 Å². The Hall–Kier alpha value is -1.98. The van der Waals surface area contributed by atoms with Gasteiger partial charge in [-0.05, 0) is 31.5 Å². The lowest BCUT2D eigenvalue weighted by Gasteiger charge is -2.28. The van der Waals surface area contributed by atoms with Crippen molar-refractivity contribution in [3.63, 3.8) is 0 Å². The van der Waals surface area contributed by atoms with Gasteiger partial charge in [-0.2, -0.15) is 0 Å². The molecule has 0 aromatic heterocycles. The minimum absolute atomic E-state index is 0.0571. The molecule has 0 bridgehead atoms. The lowest BCUT2D eigenvalue weighted by Crippen LogP contribution is -2.28. The molecule has 0 saturated heterocycles. The molecule has 1 aromatic rings. The number of ether oxygens (including phenoxy) is 2. The second-order valence-corrected chi connectivity index (χ2v) is 5.82. The quantitative estimate of drug-likeness (QED) is 0.841. The fourth-order valence-corrected chi connectivity index (χ4v) is 2.88. The zero-order chi connectivity index (χ0) is 17.3. The van der Waals surface area contributed by atoms with Crippen molar-refractivity contribution in [1.29, 1.82) is 0 Å². The number of esters is 1. The van der Waals surface area contributed by atoms with E-state index in [0.717, 1.165) is 0 Å². The predicted molar refractivity (Wildman–Crippen MR) is 86.9 cm³/mol. The number of ketones is 1. The van der Waals surface area contributed by atoms with Crippen molar-refractivity contribution in [3.8, 4) is 0 Å². The fraction of sp³-hybridized carbons (Fsp3) is 0.250. The molecule has 7 heteroatoms. The van der Waals surface area contributed by atoms with Crippen molar-refractivity contribution < 1.29 is 19.1 Å². The van der Waals surface area contributed by atoms with Crippen molar-refractivity contribution >= 4 is 35.0 Å². The maximum absolute atomic E-state index is 12.2. The number of methoxy groups -OCH3 is 1. The molecule has 1 aromatic carbocycles. The van der Waals surface area contributed by atoms with Crippen LogP contribution in [0.4, 0.5) is 0 Å². The average molecular weight is 356 g/mol. The van der Waals surface area contributed by atoms with Gasteiger partial charge in [0.05, 0.1) is 23.1 Å². The molecule has 0 fully saturated rings. The third kappa shape index (κ3) is 3.21. The number of allylic oxidation sites excluding steroid dienone is 2. The van der Waals surface area contributed by atoms with Crippen LogP contribution in [0.2, 0.25) is 10.0 Å². The molecule has 1 heterocycles. The highest BCUT2D eigenvalue weighted by atomic mass is 35.5. The summed E-state index contributed by atoms with van der Waals surface area (Å²) in [7, 11) is 1.23. The van der Waals surface area contributed by atoms with E-state index in [4.69, 9.17) is 38.4 Å². The van der Waals surface area contributed by atoms with Crippen LogP contribution in [-0.2, 0) is 19.1 Å². The van der Waals surface area contributed by atoms with Crippen molar-refractivity contribution in [2.45, 2.75) is 19.8 Å². The second-order valence-electron chi connectivity index (χ2n) is 5.00. The van der Waals surface area contributed by atoms with E-state index in [9.17, 15) is 9.59 Å². The number of carbonyl (C=O) groups is 2. The van der Waals surface area contributed by atoms with Crippen LogP contribution in [-0.4, -0.2) is 18.9 Å². The molecule has 5 nitrogen and oxygen atoms in total. The fourth-order valence-electron chi connectivity index (χ4n) is 2.57. The summed E-state index contributed by atoms with van der Waals surface area (Å²) < 4.78 is 10.1. The number of hydrogen-bond acceptors (Lipinski definition) is 5. The van der Waals surface area contributed by atoms with Gasteiger partial charge >= 0.3 is 5.97 Å². The van der Waals surface area contributed by atoms with Crippen molar-refractivity contribution in [1.82, 2.24) is 0 Å². The van der Waals surface area contributed by atoms with Gasteiger partial charge in [0.25, 0.3) is 0 Å². The first-order valence-corrected chi connectivity index (χ1v) is 7.46. The van der Waals surface area contributed by atoms with E-state index in [1.165, 1.54) is 14.0 Å². The van der Waals surface area contributed by atoms with Gasteiger partial charge in [0.2, 0.25) is 5.88 Å². The van der Waals surface area contributed by atoms with Crippen LogP contribution in [0.3, 0.4) is 0 Å². The van der Waals surface area contributed by atoms with Gasteiger partial charge in [-0.3, -0.25) is 4.79 Å². The Morgan fingerprint density at radius 2 is 1.87 bits per heavy atom. The largest absolute Gasteiger partial charge is 0.465 e. The summed E-state index contributed by atoms with van der Waals surface area (Å²) in [4.78, 5) is 24.3. The number of rotatable bonds is 3. The topological polar surface area (TPSA) is 78.6 Å². The molecule has 23 heavy (non-hydrogen) atoms. The number of nitrogens with two attached hydrogens (primary N) is 1. The van der Waals surface area contributed by atoms with Crippen molar-refractivity contribution in [2.24, 2.45) is 5.73 Å². The average Bonchev–Trinajstić information content (AvgIpc) is 2.48. The molecule has 2 N–H and O–H groups in total. The Morgan fingerprint density at radius 3 is 2.39 bits per heavy atom. The molecule has 0 radical (unpaired) electrons. The van der Waals surface area contributed by atoms with Crippen LogP contribution in [0.25, 0.3) is 0 Å². The molecule has 0 saturated carbocycles. The van der Waals surface area contributed by atoms with Crippen LogP contribution in [0.15, 0.2) is 41.0 Å². The SMILES string of the molecule is COC(=O)C1=C(N)OC(C)=C(C(C)=O)C1c1ccc(Cl)c(Cl)c1. The molecule has 1 atom stereocenters. The minimum atomic E-state index is -0.733. The maximum Gasteiger partial charge on any atom is 0.340 e. The van der Waals surface area contributed by atoms with E-state index in [1.54, 1.807) is 25.1 Å². The molecule has 1 aliphatic rings. The summed E-state index contributed by atoms with van der Waals surface area (Å²) in [6, 6.07) is 4.86. The summed E-state index contributed by atoms with van der Waals surface area (Å²) in [6.45, 7) is 3.01. The lowest BCUT2D eigenvalue weighted by atomic mass is 9.81. The molecular formula is C16H15Cl2NO4. The zero-order valence-corrected chi connectivity index (χ0v) is 14.3. The normalized spacial score (nSPS) is 17.9. The minimum Gasteiger partial charge on any atom is -0.465 e. The number of Topliss-reactive ketones (excluding diaryl/α,β-unsaturated/α-hetero) is 1. The van der Waals surface area contributed by atoms with Crippen LogP contribution in [0.1, 0.15) is 25.3 Å². The van der Waals surface area contributed by atoms with Gasteiger partial charge in [-0.15, -0.1) is 0 Å². The van der Waals surface area contributed by atoms with Crippen LogP contribution < -0.4 is 5.73 Å². The number of hydrogen-bond donors (Lipinski definition) is 1. The first kappa shape index (κ1) is 17.4. The standard InChI is InChI=1S/C16H15Cl2NO4/c1-7(20)12-8(2)23-15(19)14(16(21)22-3)13(12)9-4-5-10(17)11(18)6-9/h4-6,13H,19H2,1-3H3.